The van der Waals surface area contributed by atoms with E-state index in [4.69, 9.17) is 4.74 Å². The molecule has 3 aliphatic heterocycles. The molecule has 0 aromatic carbocycles. The molecule has 0 spiro atoms. The van der Waals surface area contributed by atoms with Gasteiger partial charge >= 0.3 is 12.0 Å². The van der Waals surface area contributed by atoms with Crippen molar-refractivity contribution in [1.82, 2.24) is 16.0 Å². The third-order valence-corrected chi connectivity index (χ3v) is 15.0. The monoisotopic (exact) mass is 615 g/mol. The molecule has 2 unspecified atom stereocenters. The Morgan fingerprint density at radius 1 is 1.09 bits per heavy atom. The van der Waals surface area contributed by atoms with Gasteiger partial charge in [0.25, 0.3) is 0 Å². The lowest BCUT2D eigenvalue weighted by molar-refractivity contribution is -0.243. The highest BCUT2D eigenvalue weighted by Crippen LogP contribution is 2.69. The van der Waals surface area contributed by atoms with E-state index < -0.39 is 17.1 Å². The molecule has 7 aliphatic rings. The van der Waals surface area contributed by atoms with Gasteiger partial charge in [0.2, 0.25) is 5.91 Å². The summed E-state index contributed by atoms with van der Waals surface area (Å²) in [5.41, 5.74) is -0.665. The number of ether oxygens (including phenoxy) is 1. The molecule has 238 valence electrons. The summed E-state index contributed by atoms with van der Waals surface area (Å²) in [4.78, 5) is 36.4. The van der Waals surface area contributed by atoms with Gasteiger partial charge in [-0.15, -0.1) is 0 Å². The van der Waals surface area contributed by atoms with E-state index in [0.717, 1.165) is 69.1 Å². The molecule has 4 aliphatic carbocycles. The number of aliphatic hydroxyl groups excluding tert-OH is 1. The van der Waals surface area contributed by atoms with Crippen LogP contribution in [0.2, 0.25) is 0 Å². The average Bonchev–Trinajstić information content (AvgIpc) is 3.72. The lowest BCUT2D eigenvalue weighted by Gasteiger charge is -2.65. The van der Waals surface area contributed by atoms with Crippen LogP contribution in [0.15, 0.2) is 11.6 Å². The predicted octanol–water partition coefficient (Wildman–Crippen LogP) is 3.42. The van der Waals surface area contributed by atoms with Crippen molar-refractivity contribution in [3.63, 3.8) is 0 Å². The molecule has 5 N–H and O–H groups in total. The van der Waals surface area contributed by atoms with Gasteiger partial charge in [-0.25, -0.2) is 9.59 Å². The summed E-state index contributed by atoms with van der Waals surface area (Å²) in [6.45, 7) is 4.72. The zero-order valence-electron chi connectivity index (χ0n) is 25.6. The smallest absolute Gasteiger partial charge is 0.331 e. The van der Waals surface area contributed by atoms with Crippen molar-refractivity contribution in [3.05, 3.63) is 11.6 Å². The maximum atomic E-state index is 12.9. The van der Waals surface area contributed by atoms with Crippen LogP contribution in [0.3, 0.4) is 0 Å². The van der Waals surface area contributed by atoms with Crippen LogP contribution >= 0.6 is 11.8 Å². The summed E-state index contributed by atoms with van der Waals surface area (Å²) in [6, 6.07) is 0.605. The fourth-order valence-corrected chi connectivity index (χ4v) is 12.6. The van der Waals surface area contributed by atoms with Crippen molar-refractivity contribution in [1.29, 1.82) is 0 Å². The number of unbranched alkanes of at least 4 members (excludes halogenated alkanes) is 1. The Labute approximate surface area is 259 Å². The Bertz CT molecular complexity index is 1200. The first-order valence-electron chi connectivity index (χ1n) is 16.8. The van der Waals surface area contributed by atoms with Crippen molar-refractivity contribution >= 4 is 29.7 Å². The first-order chi connectivity index (χ1) is 20.5. The number of urea groups is 1. The molecule has 9 nitrogen and oxygen atoms in total. The number of amides is 3. The summed E-state index contributed by atoms with van der Waals surface area (Å²) in [5.74, 6) is 1.62. The van der Waals surface area contributed by atoms with Crippen LogP contribution in [0.1, 0.15) is 90.9 Å². The molecular weight excluding hydrogens is 566 g/mol. The Morgan fingerprint density at radius 3 is 2.72 bits per heavy atom. The minimum absolute atomic E-state index is 0.0350. The number of carbonyl (C=O) groups is 3. The van der Waals surface area contributed by atoms with Gasteiger partial charge in [-0.3, -0.25) is 4.79 Å². The number of esters is 1. The molecule has 12 atom stereocenters. The molecule has 3 heterocycles. The van der Waals surface area contributed by atoms with Crippen LogP contribution in [0.4, 0.5) is 4.79 Å². The van der Waals surface area contributed by atoms with E-state index in [9.17, 15) is 24.6 Å². The second-order valence-corrected chi connectivity index (χ2v) is 16.5. The van der Waals surface area contributed by atoms with E-state index in [2.05, 4.69) is 29.8 Å². The zero-order valence-corrected chi connectivity index (χ0v) is 26.4. The second-order valence-electron chi connectivity index (χ2n) is 15.3. The van der Waals surface area contributed by atoms with Crippen molar-refractivity contribution in [2.24, 2.45) is 34.5 Å². The van der Waals surface area contributed by atoms with Crippen LogP contribution < -0.4 is 16.0 Å². The van der Waals surface area contributed by atoms with Crippen molar-refractivity contribution in [2.45, 2.75) is 126 Å². The number of nitrogens with one attached hydrogen (secondary N) is 3. The normalized spacial score (nSPS) is 48.3. The van der Waals surface area contributed by atoms with E-state index in [1.54, 1.807) is 6.08 Å². The van der Waals surface area contributed by atoms with Crippen molar-refractivity contribution < 1.29 is 29.3 Å². The fourth-order valence-electron chi connectivity index (χ4n) is 11.1. The topological polar surface area (TPSA) is 137 Å². The number of hydrogen-bond donors (Lipinski definition) is 5. The van der Waals surface area contributed by atoms with Crippen LogP contribution in [0.5, 0.6) is 0 Å². The number of thioether (sulfide) groups is 1. The highest BCUT2D eigenvalue weighted by molar-refractivity contribution is 8.00. The van der Waals surface area contributed by atoms with Crippen molar-refractivity contribution in [3.8, 4) is 0 Å². The molecule has 0 radical (unpaired) electrons. The summed E-state index contributed by atoms with van der Waals surface area (Å²) >= 11 is 1.92. The third-order valence-electron chi connectivity index (χ3n) is 13.5. The van der Waals surface area contributed by atoms with Gasteiger partial charge in [-0.1, -0.05) is 20.3 Å². The molecule has 2 saturated heterocycles. The van der Waals surface area contributed by atoms with Gasteiger partial charge in [-0.05, 0) is 98.9 Å². The highest BCUT2D eigenvalue weighted by Gasteiger charge is 2.70. The molecule has 0 aromatic heterocycles. The van der Waals surface area contributed by atoms with Crippen LogP contribution in [0.25, 0.3) is 0 Å². The molecule has 6 fully saturated rings. The number of aliphatic hydroxyl groups is 2. The van der Waals surface area contributed by atoms with Gasteiger partial charge < -0.3 is 30.9 Å². The molecule has 3 amide bonds. The van der Waals surface area contributed by atoms with E-state index in [1.165, 1.54) is 0 Å². The molecule has 7 rings (SSSR count). The first kappa shape index (κ1) is 29.9. The van der Waals surface area contributed by atoms with Gasteiger partial charge in [0.15, 0.2) is 0 Å². The number of fused-ring (bicyclic) bond motifs is 6. The molecule has 0 bridgehead atoms. The molecule has 10 heteroatoms. The van der Waals surface area contributed by atoms with E-state index in [0.29, 0.717) is 30.4 Å². The number of carbonyl (C=O) groups excluding carboxylic acids is 3. The zero-order chi connectivity index (χ0) is 30.1. The second kappa shape index (κ2) is 10.9. The standard InChI is InChI=1S/C33H49N3O6S/c1-31-11-9-20(34-27(38)6-4-3-5-25-29-24(17-43-25)35-30(40)36-29)14-19(31)7-8-22-23(31)15-26(37)32(2)21(10-12-33(22,32)41)18-13-28(39)42-16-18/h13,19-26,29,37,41H,3-12,14-17H2,1-2H3,(H,34,38)(H2,35,36,40)/t19-,20-,21-,22-,23+,24?,25+,26-,29?,31+,32+,33+/m1/s1. The first-order valence-corrected chi connectivity index (χ1v) is 17.8. The number of hydrogen-bond acceptors (Lipinski definition) is 7. The molecule has 0 aromatic rings. The predicted molar refractivity (Wildman–Crippen MR) is 163 cm³/mol. The van der Waals surface area contributed by atoms with Gasteiger partial charge in [0.1, 0.15) is 6.61 Å². The molecule has 43 heavy (non-hydrogen) atoms. The maximum absolute atomic E-state index is 12.9. The Hall–Kier alpha value is -1.78. The Kier molecular flexibility index (Phi) is 7.60. The Morgan fingerprint density at radius 2 is 1.93 bits per heavy atom. The van der Waals surface area contributed by atoms with E-state index >= 15 is 0 Å². The van der Waals surface area contributed by atoms with Gasteiger partial charge in [-0.2, -0.15) is 11.8 Å². The quantitative estimate of drug-likeness (QED) is 0.168. The lowest BCUT2D eigenvalue weighted by Crippen LogP contribution is -2.67. The van der Waals surface area contributed by atoms with E-state index in [1.807, 2.05) is 11.8 Å². The summed E-state index contributed by atoms with van der Waals surface area (Å²) in [6.07, 6.45) is 11.4. The Balaban J connectivity index is 0.932. The SMILES string of the molecule is C[C@]12CC[C@@H](NC(=O)CCCC[C@@H]3SCC4NC(=O)NC43)C[C@H]1CC[C@@H]1[C@@H]2C[C@@H](O)[C@]2(C)[C@@H](C3=CC(=O)OC3)CC[C@]12O. The van der Waals surface area contributed by atoms with E-state index in [-0.39, 0.29) is 65.8 Å². The highest BCUT2D eigenvalue weighted by atomic mass is 32.2. The summed E-state index contributed by atoms with van der Waals surface area (Å²) in [5, 5.41) is 34.0. The lowest BCUT2D eigenvalue weighted by atomic mass is 9.42. The van der Waals surface area contributed by atoms with Gasteiger partial charge in [0.05, 0.1) is 23.8 Å². The summed E-state index contributed by atoms with van der Waals surface area (Å²) < 4.78 is 5.23. The minimum Gasteiger partial charge on any atom is -0.458 e. The molecular formula is C33H49N3O6S. The number of cyclic esters (lactones) is 1. The largest absolute Gasteiger partial charge is 0.458 e. The van der Waals surface area contributed by atoms with Gasteiger partial charge in [0, 0.05) is 35.0 Å². The number of rotatable bonds is 7. The minimum atomic E-state index is -0.955. The van der Waals surface area contributed by atoms with Crippen LogP contribution in [-0.4, -0.2) is 75.6 Å². The average molecular weight is 616 g/mol. The summed E-state index contributed by atoms with van der Waals surface area (Å²) in [7, 11) is 0. The maximum Gasteiger partial charge on any atom is 0.331 e. The van der Waals surface area contributed by atoms with Crippen LogP contribution in [-0.2, 0) is 14.3 Å². The third kappa shape index (κ3) is 4.75. The van der Waals surface area contributed by atoms with Crippen LogP contribution in [0, 0.1) is 34.5 Å². The fraction of sp³-hybridized carbons (Fsp3) is 0.848. The van der Waals surface area contributed by atoms with Crippen molar-refractivity contribution in [2.75, 3.05) is 12.4 Å². The molecule has 4 saturated carbocycles.